The number of hydrogen-bond acceptors (Lipinski definition) is 4. The van der Waals surface area contributed by atoms with Crippen LogP contribution in [0.4, 0.5) is 20.2 Å². The molecule has 2 N–H and O–H groups in total. The summed E-state index contributed by atoms with van der Waals surface area (Å²) < 4.78 is 35.8. The fourth-order valence-corrected chi connectivity index (χ4v) is 2.81. The fourth-order valence-electron chi connectivity index (χ4n) is 2.45. The van der Waals surface area contributed by atoms with Gasteiger partial charge >= 0.3 is 6.61 Å². The van der Waals surface area contributed by atoms with E-state index >= 15 is 0 Å². The molecular weight excluding hydrogens is 410 g/mol. The number of amides is 1. The Morgan fingerprint density at radius 3 is 2.65 bits per heavy atom. The Balaban J connectivity index is 1.89. The number of hydrogen-bond donors (Lipinski definition) is 2. The second-order valence-corrected chi connectivity index (χ2v) is 6.69. The summed E-state index contributed by atoms with van der Waals surface area (Å²) in [4.78, 5) is 12.7. The van der Waals surface area contributed by atoms with Gasteiger partial charge in [0.05, 0.1) is 24.0 Å². The first kappa shape index (κ1) is 18.4. The highest BCUT2D eigenvalue weighted by Crippen LogP contribution is 2.35. The lowest BCUT2D eigenvalue weighted by Gasteiger charge is -2.16. The van der Waals surface area contributed by atoms with Gasteiger partial charge in [-0.25, -0.2) is 0 Å². The zero-order valence-electron chi connectivity index (χ0n) is 13.9. The number of rotatable bonds is 7. The van der Waals surface area contributed by atoms with Crippen molar-refractivity contribution in [3.63, 3.8) is 0 Å². The molecule has 0 saturated heterocycles. The summed E-state index contributed by atoms with van der Waals surface area (Å²) in [5.41, 5.74) is 1.27. The highest BCUT2D eigenvalue weighted by atomic mass is 79.9. The van der Waals surface area contributed by atoms with E-state index in [1.165, 1.54) is 25.3 Å². The molecule has 0 aromatic heterocycles. The lowest BCUT2D eigenvalue weighted by molar-refractivity contribution is -0.0515. The molecule has 0 bridgehead atoms. The highest BCUT2D eigenvalue weighted by molar-refractivity contribution is 9.10. The molecule has 8 heteroatoms. The number of para-hydroxylation sites is 1. The van der Waals surface area contributed by atoms with E-state index < -0.39 is 12.5 Å². The normalized spacial score (nSPS) is 13.4. The van der Waals surface area contributed by atoms with Gasteiger partial charge in [-0.05, 0) is 43.2 Å². The van der Waals surface area contributed by atoms with Crippen LogP contribution in [0.5, 0.6) is 11.5 Å². The predicted molar refractivity (Wildman–Crippen MR) is 98.4 cm³/mol. The van der Waals surface area contributed by atoms with E-state index in [4.69, 9.17) is 4.74 Å². The predicted octanol–water partition coefficient (Wildman–Crippen LogP) is 4.89. The average molecular weight is 427 g/mol. The summed E-state index contributed by atoms with van der Waals surface area (Å²) in [5, 5.41) is 6.08. The molecule has 0 aliphatic heterocycles. The van der Waals surface area contributed by atoms with E-state index in [0.29, 0.717) is 11.7 Å². The maximum absolute atomic E-state index is 12.7. The van der Waals surface area contributed by atoms with Crippen molar-refractivity contribution in [3.8, 4) is 11.5 Å². The van der Waals surface area contributed by atoms with Crippen LogP contribution in [0, 0.1) is 0 Å². The molecule has 1 aliphatic rings. The van der Waals surface area contributed by atoms with Gasteiger partial charge in [0.15, 0.2) is 11.5 Å². The molecule has 0 unspecified atom stereocenters. The Bertz CT molecular complexity index is 813. The van der Waals surface area contributed by atoms with Gasteiger partial charge in [0.1, 0.15) is 0 Å². The zero-order chi connectivity index (χ0) is 18.7. The van der Waals surface area contributed by atoms with Crippen molar-refractivity contribution in [2.75, 3.05) is 17.7 Å². The molecule has 3 rings (SSSR count). The molecule has 0 spiro atoms. The summed E-state index contributed by atoms with van der Waals surface area (Å²) >= 11 is 3.37. The number of carbonyl (C=O) groups excluding carboxylic acids is 1. The van der Waals surface area contributed by atoms with Crippen molar-refractivity contribution in [2.24, 2.45) is 0 Å². The number of benzene rings is 2. The van der Waals surface area contributed by atoms with Crippen LogP contribution in [-0.4, -0.2) is 25.7 Å². The van der Waals surface area contributed by atoms with Crippen LogP contribution in [0.15, 0.2) is 40.9 Å². The third-order valence-electron chi connectivity index (χ3n) is 3.82. The smallest absolute Gasteiger partial charge is 0.387 e. The quantitative estimate of drug-likeness (QED) is 0.661. The number of alkyl halides is 2. The first-order chi connectivity index (χ1) is 12.5. The molecule has 2 aromatic rings. The van der Waals surface area contributed by atoms with E-state index in [1.807, 2.05) is 12.1 Å². The molecule has 0 atom stereocenters. The van der Waals surface area contributed by atoms with Gasteiger partial charge in [0.25, 0.3) is 5.91 Å². The molecule has 5 nitrogen and oxygen atoms in total. The van der Waals surface area contributed by atoms with Gasteiger partial charge in [-0.2, -0.15) is 8.78 Å². The summed E-state index contributed by atoms with van der Waals surface area (Å²) in [6.07, 6.45) is 2.15. The first-order valence-electron chi connectivity index (χ1n) is 7.97. The van der Waals surface area contributed by atoms with Gasteiger partial charge in [-0.3, -0.25) is 4.79 Å². The summed E-state index contributed by atoms with van der Waals surface area (Å²) in [7, 11) is 1.32. The molecule has 1 amide bonds. The van der Waals surface area contributed by atoms with Crippen molar-refractivity contribution >= 4 is 33.2 Å². The van der Waals surface area contributed by atoms with Crippen LogP contribution in [0.25, 0.3) is 0 Å². The number of halogens is 3. The van der Waals surface area contributed by atoms with Crippen LogP contribution in [0.1, 0.15) is 23.2 Å². The highest BCUT2D eigenvalue weighted by Gasteiger charge is 2.24. The Hall–Kier alpha value is -2.35. The Labute approximate surface area is 157 Å². The van der Waals surface area contributed by atoms with Gasteiger partial charge in [0, 0.05) is 10.5 Å². The minimum absolute atomic E-state index is 0.0398. The Kier molecular flexibility index (Phi) is 5.61. The number of anilines is 2. The minimum Gasteiger partial charge on any atom is -0.493 e. The van der Waals surface area contributed by atoms with Crippen molar-refractivity contribution in [2.45, 2.75) is 25.5 Å². The molecule has 0 radical (unpaired) electrons. The molecule has 0 heterocycles. The SMILES string of the molecule is COc1cccc(C(=O)Nc2cc(Br)ccc2NC2CC2)c1OC(F)F. The van der Waals surface area contributed by atoms with E-state index in [-0.39, 0.29) is 17.1 Å². The Morgan fingerprint density at radius 2 is 2.00 bits per heavy atom. The minimum atomic E-state index is -3.07. The van der Waals surface area contributed by atoms with E-state index in [1.54, 1.807) is 6.07 Å². The van der Waals surface area contributed by atoms with Crippen LogP contribution in [0.3, 0.4) is 0 Å². The molecule has 1 saturated carbocycles. The third-order valence-corrected chi connectivity index (χ3v) is 4.31. The van der Waals surface area contributed by atoms with Crippen LogP contribution in [0.2, 0.25) is 0 Å². The molecule has 1 fully saturated rings. The average Bonchev–Trinajstić information content (AvgIpc) is 3.41. The van der Waals surface area contributed by atoms with Crippen LogP contribution in [-0.2, 0) is 0 Å². The van der Waals surface area contributed by atoms with Crippen molar-refractivity contribution in [1.29, 1.82) is 0 Å². The van der Waals surface area contributed by atoms with Gasteiger partial charge in [-0.1, -0.05) is 22.0 Å². The van der Waals surface area contributed by atoms with Crippen LogP contribution < -0.4 is 20.1 Å². The maximum Gasteiger partial charge on any atom is 0.387 e. The van der Waals surface area contributed by atoms with Crippen molar-refractivity contribution in [3.05, 3.63) is 46.4 Å². The summed E-state index contributed by atoms with van der Waals surface area (Å²) in [6.45, 7) is -3.07. The fraction of sp³-hybridized carbons (Fsp3) is 0.278. The zero-order valence-corrected chi connectivity index (χ0v) is 15.5. The van der Waals surface area contributed by atoms with Crippen molar-refractivity contribution in [1.82, 2.24) is 0 Å². The first-order valence-corrected chi connectivity index (χ1v) is 8.76. The Morgan fingerprint density at radius 1 is 1.23 bits per heavy atom. The van der Waals surface area contributed by atoms with E-state index in [0.717, 1.165) is 23.0 Å². The van der Waals surface area contributed by atoms with E-state index in [2.05, 4.69) is 31.3 Å². The molecule has 1 aliphatic carbocycles. The standard InChI is InChI=1S/C18H17BrF2N2O3/c1-25-15-4-2-3-12(16(15)26-18(20)21)17(24)23-14-9-10(19)5-8-13(14)22-11-6-7-11/h2-5,8-9,11,18,22H,6-7H2,1H3,(H,23,24). The number of methoxy groups -OCH3 is 1. The largest absolute Gasteiger partial charge is 0.493 e. The van der Waals surface area contributed by atoms with Crippen molar-refractivity contribution < 1.29 is 23.0 Å². The number of carbonyl (C=O) groups is 1. The lowest BCUT2D eigenvalue weighted by atomic mass is 10.1. The lowest BCUT2D eigenvalue weighted by Crippen LogP contribution is -2.17. The molecule has 26 heavy (non-hydrogen) atoms. The summed E-state index contributed by atoms with van der Waals surface area (Å²) in [5.74, 6) is -0.811. The number of ether oxygens (including phenoxy) is 2. The summed E-state index contributed by atoms with van der Waals surface area (Å²) in [6, 6.07) is 10.2. The maximum atomic E-state index is 12.7. The number of nitrogens with one attached hydrogen (secondary N) is 2. The third kappa shape index (κ3) is 4.43. The molecular formula is C18H17BrF2N2O3. The second-order valence-electron chi connectivity index (χ2n) is 5.78. The second kappa shape index (κ2) is 7.90. The van der Waals surface area contributed by atoms with Gasteiger partial charge in [-0.15, -0.1) is 0 Å². The topological polar surface area (TPSA) is 59.6 Å². The monoisotopic (exact) mass is 426 g/mol. The molecule has 138 valence electrons. The van der Waals surface area contributed by atoms with Gasteiger partial charge in [0.2, 0.25) is 0 Å². The molecule has 2 aromatic carbocycles. The van der Waals surface area contributed by atoms with E-state index in [9.17, 15) is 13.6 Å². The van der Waals surface area contributed by atoms with Crippen LogP contribution >= 0.6 is 15.9 Å². The van der Waals surface area contributed by atoms with Gasteiger partial charge < -0.3 is 20.1 Å².